The second kappa shape index (κ2) is 10.3. The maximum atomic E-state index is 15.3. The Morgan fingerprint density at radius 1 is 1.10 bits per heavy atom. The van der Waals surface area contributed by atoms with Crippen molar-refractivity contribution in [2.45, 2.75) is 77.3 Å². The number of nitrogens with one attached hydrogen (secondary N) is 2. The predicted molar refractivity (Wildman–Crippen MR) is 147 cm³/mol. The molecule has 2 N–H and O–H groups in total. The highest BCUT2D eigenvalue weighted by molar-refractivity contribution is 6.00. The van der Waals surface area contributed by atoms with E-state index in [0.717, 1.165) is 48.8 Å². The number of rotatable bonds is 10. The van der Waals surface area contributed by atoms with Crippen LogP contribution in [0.1, 0.15) is 86.1 Å². The first-order chi connectivity index (χ1) is 19.2. The van der Waals surface area contributed by atoms with E-state index in [-0.39, 0.29) is 29.2 Å². The summed E-state index contributed by atoms with van der Waals surface area (Å²) in [6.07, 6.45) is 9.12. The first kappa shape index (κ1) is 26.4. The number of amides is 2. The number of nitrogens with zero attached hydrogens (tertiary/aromatic N) is 4. The molecule has 3 heterocycles. The minimum absolute atomic E-state index is 0.0126. The molecule has 6 rings (SSSR count). The SMILES string of the molecule is Cc1c(C2CC2)cc(-c2ccc(NC(=O)[C@@H](NC(=O)c3ccnn3C(C)C)C(C3CC3)C3CC3)nc2F)c[n+]1[O-]. The topological polar surface area (TPSA) is 116 Å². The van der Waals surface area contributed by atoms with Crippen molar-refractivity contribution in [3.8, 4) is 11.1 Å². The van der Waals surface area contributed by atoms with Crippen molar-refractivity contribution in [2.75, 3.05) is 5.32 Å². The largest absolute Gasteiger partial charge is 0.618 e. The second-order valence-corrected chi connectivity index (χ2v) is 11.9. The van der Waals surface area contributed by atoms with E-state index in [1.165, 1.54) is 18.3 Å². The van der Waals surface area contributed by atoms with Gasteiger partial charge in [-0.15, -0.1) is 0 Å². The fraction of sp³-hybridized carbons (Fsp3) is 0.500. The van der Waals surface area contributed by atoms with Gasteiger partial charge >= 0.3 is 0 Å². The number of hydrogen-bond donors (Lipinski definition) is 2. The summed E-state index contributed by atoms with van der Waals surface area (Å²) in [6, 6.07) is 5.80. The Bertz CT molecular complexity index is 1450. The van der Waals surface area contributed by atoms with Crippen LogP contribution in [0.5, 0.6) is 0 Å². The van der Waals surface area contributed by atoms with E-state index in [4.69, 9.17) is 0 Å². The van der Waals surface area contributed by atoms with E-state index in [2.05, 4.69) is 20.7 Å². The monoisotopic (exact) mass is 546 g/mol. The minimum atomic E-state index is -0.773. The zero-order valence-electron chi connectivity index (χ0n) is 23.1. The van der Waals surface area contributed by atoms with Gasteiger partial charge in [-0.3, -0.25) is 14.3 Å². The van der Waals surface area contributed by atoms with Crippen LogP contribution in [0.25, 0.3) is 11.1 Å². The molecule has 3 fully saturated rings. The fourth-order valence-electron chi connectivity index (χ4n) is 5.89. The average molecular weight is 547 g/mol. The highest BCUT2D eigenvalue weighted by Crippen LogP contribution is 2.51. The molecule has 2 amide bonds. The quantitative estimate of drug-likeness (QED) is 0.218. The molecule has 0 radical (unpaired) electrons. The van der Waals surface area contributed by atoms with Crippen LogP contribution in [0, 0.1) is 35.8 Å². The van der Waals surface area contributed by atoms with Gasteiger partial charge in [-0.2, -0.15) is 14.2 Å². The number of carbonyl (C=O) groups is 2. The summed E-state index contributed by atoms with van der Waals surface area (Å²) >= 11 is 0. The van der Waals surface area contributed by atoms with Gasteiger partial charge in [0.2, 0.25) is 11.9 Å². The number of halogens is 1. The van der Waals surface area contributed by atoms with Crippen LogP contribution in [0.15, 0.2) is 36.7 Å². The van der Waals surface area contributed by atoms with Crippen molar-refractivity contribution in [1.82, 2.24) is 20.1 Å². The van der Waals surface area contributed by atoms with Gasteiger partial charge in [0.1, 0.15) is 17.6 Å². The molecule has 0 bridgehead atoms. The fourth-order valence-corrected chi connectivity index (χ4v) is 5.89. The Morgan fingerprint density at radius 2 is 1.80 bits per heavy atom. The summed E-state index contributed by atoms with van der Waals surface area (Å²) in [5, 5.41) is 22.5. The van der Waals surface area contributed by atoms with Gasteiger partial charge in [0.25, 0.3) is 5.91 Å². The standard InChI is InChI=1S/C30H35FN6O3/c1-16(2)37-24(12-13-32-37)29(38)35-27(26(19-6-7-19)20-8-9-20)30(39)34-25-11-10-22(28(31)33-25)21-14-23(18-4-5-18)17(3)36(40)15-21/h10-16,18-20,26-27H,4-9H2,1-3H3,(H,35,38)(H,33,34,39)/t27-/m0/s1. The van der Waals surface area contributed by atoms with Crippen molar-refractivity contribution in [3.63, 3.8) is 0 Å². The Morgan fingerprint density at radius 3 is 2.40 bits per heavy atom. The molecular weight excluding hydrogens is 511 g/mol. The normalized spacial score (nSPS) is 17.8. The number of hydrogen-bond acceptors (Lipinski definition) is 5. The lowest BCUT2D eigenvalue weighted by molar-refractivity contribution is -0.612. The zero-order chi connectivity index (χ0) is 28.1. The smallest absolute Gasteiger partial charge is 0.270 e. The van der Waals surface area contributed by atoms with E-state index in [1.807, 2.05) is 19.9 Å². The van der Waals surface area contributed by atoms with E-state index in [1.54, 1.807) is 23.9 Å². The molecule has 9 nitrogen and oxygen atoms in total. The third-order valence-electron chi connectivity index (χ3n) is 8.42. The first-order valence-electron chi connectivity index (χ1n) is 14.3. The van der Waals surface area contributed by atoms with E-state index >= 15 is 4.39 Å². The lowest BCUT2D eigenvalue weighted by Crippen LogP contribution is -2.50. The number of pyridine rings is 2. The highest BCUT2D eigenvalue weighted by Gasteiger charge is 2.48. The van der Waals surface area contributed by atoms with E-state index in [9.17, 15) is 14.8 Å². The first-order valence-corrected chi connectivity index (χ1v) is 14.3. The zero-order valence-corrected chi connectivity index (χ0v) is 23.1. The van der Waals surface area contributed by atoms with Gasteiger partial charge in [-0.25, -0.2) is 4.98 Å². The number of carbonyl (C=O) groups excluding carboxylic acids is 2. The average Bonchev–Trinajstić information content (AvgIpc) is 3.77. The summed E-state index contributed by atoms with van der Waals surface area (Å²) < 4.78 is 17.7. The summed E-state index contributed by atoms with van der Waals surface area (Å²) in [7, 11) is 0. The van der Waals surface area contributed by atoms with Crippen LogP contribution in [0.3, 0.4) is 0 Å². The molecule has 1 atom stereocenters. The molecular formula is C30H35FN6O3. The van der Waals surface area contributed by atoms with Crippen LogP contribution < -0.4 is 15.4 Å². The Kier molecular flexibility index (Phi) is 6.80. The predicted octanol–water partition coefficient (Wildman–Crippen LogP) is 4.66. The maximum absolute atomic E-state index is 15.3. The second-order valence-electron chi connectivity index (χ2n) is 11.9. The molecule has 0 unspecified atom stereocenters. The molecule has 3 aliphatic carbocycles. The molecule has 40 heavy (non-hydrogen) atoms. The third kappa shape index (κ3) is 5.31. The van der Waals surface area contributed by atoms with Crippen LogP contribution in [0.4, 0.5) is 10.2 Å². The third-order valence-corrected chi connectivity index (χ3v) is 8.42. The molecule has 3 saturated carbocycles. The van der Waals surface area contributed by atoms with Gasteiger partial charge in [0, 0.05) is 30.3 Å². The van der Waals surface area contributed by atoms with E-state index < -0.39 is 17.9 Å². The van der Waals surface area contributed by atoms with Crippen LogP contribution in [-0.2, 0) is 4.79 Å². The summed E-state index contributed by atoms with van der Waals surface area (Å²) in [6.45, 7) is 5.66. The number of aromatic nitrogens is 4. The van der Waals surface area contributed by atoms with Gasteiger partial charge in [-0.1, -0.05) is 0 Å². The summed E-state index contributed by atoms with van der Waals surface area (Å²) in [5.41, 5.74) is 2.62. The molecule has 0 aromatic carbocycles. The molecule has 0 saturated heterocycles. The Hall–Kier alpha value is -3.82. The van der Waals surface area contributed by atoms with Crippen molar-refractivity contribution < 1.29 is 18.7 Å². The van der Waals surface area contributed by atoms with Gasteiger partial charge in [-0.05, 0) is 100 Å². The van der Waals surface area contributed by atoms with Crippen molar-refractivity contribution >= 4 is 17.6 Å². The van der Waals surface area contributed by atoms with Crippen molar-refractivity contribution in [2.24, 2.45) is 17.8 Å². The number of anilines is 1. The molecule has 10 heteroatoms. The summed E-state index contributed by atoms with van der Waals surface area (Å²) in [5.74, 6) is -0.354. The lowest BCUT2D eigenvalue weighted by Gasteiger charge is -2.27. The van der Waals surface area contributed by atoms with E-state index in [0.29, 0.717) is 34.7 Å². The molecule has 3 aliphatic rings. The Labute approximate surface area is 232 Å². The van der Waals surface area contributed by atoms with Gasteiger partial charge < -0.3 is 15.8 Å². The molecule has 3 aromatic rings. The molecule has 0 aliphatic heterocycles. The summed E-state index contributed by atoms with van der Waals surface area (Å²) in [4.78, 5) is 31.0. The van der Waals surface area contributed by atoms with Crippen LogP contribution in [0.2, 0.25) is 0 Å². The Balaban J connectivity index is 1.24. The molecule has 3 aromatic heterocycles. The van der Waals surface area contributed by atoms with Gasteiger partial charge in [0.15, 0.2) is 11.9 Å². The minimum Gasteiger partial charge on any atom is -0.618 e. The lowest BCUT2D eigenvalue weighted by atomic mass is 9.88. The van der Waals surface area contributed by atoms with Crippen molar-refractivity contribution in [3.05, 3.63) is 64.8 Å². The molecule has 0 spiro atoms. The van der Waals surface area contributed by atoms with Crippen LogP contribution >= 0.6 is 0 Å². The molecule has 210 valence electrons. The van der Waals surface area contributed by atoms with Gasteiger partial charge in [0.05, 0.1) is 5.56 Å². The highest BCUT2D eigenvalue weighted by atomic mass is 19.1. The van der Waals surface area contributed by atoms with Crippen LogP contribution in [-0.4, -0.2) is 32.6 Å². The van der Waals surface area contributed by atoms with Crippen molar-refractivity contribution in [1.29, 1.82) is 0 Å². The maximum Gasteiger partial charge on any atom is 0.270 e.